The van der Waals surface area contributed by atoms with Crippen molar-refractivity contribution in [3.63, 3.8) is 0 Å². The maximum Gasteiger partial charge on any atom is 0.259 e. The van der Waals surface area contributed by atoms with Crippen LogP contribution in [-0.4, -0.2) is 56.3 Å². The Bertz CT molecular complexity index is 1380. The maximum absolute atomic E-state index is 11.8. The Labute approximate surface area is 213 Å². The fraction of sp³-hybridized carbons (Fsp3) is 0.346. The first kappa shape index (κ1) is 21.0. The third-order valence-electron chi connectivity index (χ3n) is 4.77. The topological polar surface area (TPSA) is 101 Å². The molecule has 0 radical (unpaired) electrons. The molecule has 3 rings (SSSR count). The van der Waals surface area contributed by atoms with Crippen LogP contribution >= 0.6 is 0 Å². The number of benzene rings is 2. The molecule has 0 fully saturated rings. The van der Waals surface area contributed by atoms with Gasteiger partial charge in [0.05, 0.1) is 26.6 Å². The molecule has 0 saturated heterocycles. The molecule has 1 amide bonds. The van der Waals surface area contributed by atoms with Crippen molar-refractivity contribution in [1.29, 1.82) is 0 Å². The van der Waals surface area contributed by atoms with E-state index in [4.69, 9.17) is 15.2 Å². The summed E-state index contributed by atoms with van der Waals surface area (Å²) in [4.78, 5) is 22.9. The third kappa shape index (κ3) is 8.15. The van der Waals surface area contributed by atoms with Crippen molar-refractivity contribution in [3.05, 3.63) is 66.9 Å². The van der Waals surface area contributed by atoms with Crippen LogP contribution in [0, 0.1) is 0 Å². The van der Waals surface area contributed by atoms with E-state index >= 15 is 0 Å². The van der Waals surface area contributed by atoms with E-state index in [1.807, 2.05) is 74.5 Å². The van der Waals surface area contributed by atoms with Crippen molar-refractivity contribution < 1.29 is 23.4 Å². The van der Waals surface area contributed by atoms with Gasteiger partial charge in [0.1, 0.15) is 12.4 Å². The van der Waals surface area contributed by atoms with Crippen LogP contribution in [-0.2, 0) is 19.6 Å². The van der Waals surface area contributed by atoms with E-state index < -0.39 is 29.0 Å². The number of rotatable bonds is 12. The smallest absolute Gasteiger partial charge is 0.259 e. The summed E-state index contributed by atoms with van der Waals surface area (Å²) >= 11 is 0. The summed E-state index contributed by atoms with van der Waals surface area (Å²) in [5.41, 5.74) is 2.98. The number of hydrogen-bond acceptors (Lipinski definition) is 7. The highest BCUT2D eigenvalue weighted by Gasteiger charge is 2.17. The predicted octanol–water partition coefficient (Wildman–Crippen LogP) is 3.90. The van der Waals surface area contributed by atoms with Crippen molar-refractivity contribution >= 4 is 21.7 Å². The average molecular weight is 501 g/mol. The summed E-state index contributed by atoms with van der Waals surface area (Å²) < 4.78 is 61.9. The zero-order valence-electron chi connectivity index (χ0n) is 23.9. The van der Waals surface area contributed by atoms with Crippen molar-refractivity contribution in [2.45, 2.75) is 32.7 Å². The summed E-state index contributed by atoms with van der Waals surface area (Å²) in [6.07, 6.45) is 2.23. The lowest BCUT2D eigenvalue weighted by Crippen LogP contribution is -2.33. The maximum atomic E-state index is 11.8. The molecule has 1 heterocycles. The van der Waals surface area contributed by atoms with Crippen molar-refractivity contribution in [1.82, 2.24) is 14.7 Å². The molecule has 35 heavy (non-hydrogen) atoms. The lowest BCUT2D eigenvalue weighted by molar-refractivity contribution is -0.123. The largest absolute Gasteiger partial charge is 0.372 e. The minimum absolute atomic E-state index is 0.0446. The number of ether oxygens (including phenoxy) is 1. The summed E-state index contributed by atoms with van der Waals surface area (Å²) in [6.45, 7) is -1.48. The molecular formula is C26H32N4O4S. The van der Waals surface area contributed by atoms with Gasteiger partial charge in [-0.15, -0.1) is 0 Å². The summed E-state index contributed by atoms with van der Waals surface area (Å²) in [6, 6.07) is 18.8. The Morgan fingerprint density at radius 3 is 2.20 bits per heavy atom. The molecule has 0 aliphatic heterocycles. The standard InChI is InChI=1S/C26H32N4O4S/c1-20(2)30(16-10-11-17-34-19-24(31)29-35(3,32)33)23-18-27-25(21-12-6-4-7-13-21)26(28-23)22-14-8-5-9-15-22/h4-9,12-15,18,20H,10-11,16-17,19H2,1-3H3,(H,29,31)/i16D2,19D2. The Kier molecular flexibility index (Phi) is 7.46. The van der Waals surface area contributed by atoms with E-state index in [0.29, 0.717) is 17.2 Å². The number of anilines is 1. The Morgan fingerprint density at radius 2 is 1.63 bits per heavy atom. The van der Waals surface area contributed by atoms with Crippen LogP contribution in [0.3, 0.4) is 0 Å². The molecule has 186 valence electrons. The highest BCUT2D eigenvalue weighted by Crippen LogP contribution is 2.30. The van der Waals surface area contributed by atoms with Crippen LogP contribution in [0.5, 0.6) is 0 Å². The van der Waals surface area contributed by atoms with E-state index in [-0.39, 0.29) is 25.5 Å². The number of aromatic nitrogens is 2. The van der Waals surface area contributed by atoms with E-state index in [0.717, 1.165) is 17.4 Å². The molecule has 0 atom stereocenters. The first-order chi connectivity index (χ1) is 18.2. The van der Waals surface area contributed by atoms with Crippen LogP contribution in [0.1, 0.15) is 32.2 Å². The van der Waals surface area contributed by atoms with Crippen molar-refractivity contribution in [3.8, 4) is 22.5 Å². The second-order valence-corrected chi connectivity index (χ2v) is 9.79. The van der Waals surface area contributed by atoms with Crippen LogP contribution in [0.15, 0.2) is 66.9 Å². The van der Waals surface area contributed by atoms with Crippen LogP contribution < -0.4 is 9.62 Å². The van der Waals surface area contributed by atoms with Gasteiger partial charge in [-0.25, -0.2) is 13.4 Å². The molecule has 9 heteroatoms. The van der Waals surface area contributed by atoms with Gasteiger partial charge >= 0.3 is 0 Å². The highest BCUT2D eigenvalue weighted by atomic mass is 32.2. The summed E-state index contributed by atoms with van der Waals surface area (Å²) in [5.74, 6) is -1.11. The third-order valence-corrected chi connectivity index (χ3v) is 5.32. The molecule has 8 nitrogen and oxygen atoms in total. The van der Waals surface area contributed by atoms with Gasteiger partial charge in [-0.2, -0.15) is 0 Å². The van der Waals surface area contributed by atoms with Gasteiger partial charge in [-0.05, 0) is 26.7 Å². The number of hydrogen-bond donors (Lipinski definition) is 1. The average Bonchev–Trinajstić information content (AvgIpc) is 2.86. The lowest BCUT2D eigenvalue weighted by Gasteiger charge is -2.28. The predicted molar refractivity (Wildman–Crippen MR) is 138 cm³/mol. The second kappa shape index (κ2) is 12.4. The number of carbonyl (C=O) groups is 1. The number of carbonyl (C=O) groups excluding carboxylic acids is 1. The molecule has 0 aliphatic carbocycles. The molecule has 0 saturated carbocycles. The zero-order valence-corrected chi connectivity index (χ0v) is 20.7. The Hall–Kier alpha value is -3.30. The number of nitrogens with zero attached hydrogens (tertiary/aromatic N) is 3. The second-order valence-electron chi connectivity index (χ2n) is 8.04. The monoisotopic (exact) mass is 500 g/mol. The van der Waals surface area contributed by atoms with E-state index in [1.54, 1.807) is 4.72 Å². The molecule has 0 aliphatic rings. The quantitative estimate of drug-likeness (QED) is 0.376. The number of nitrogens with one attached hydrogen (secondary N) is 1. The Morgan fingerprint density at radius 1 is 1.03 bits per heavy atom. The molecule has 1 N–H and O–H groups in total. The van der Waals surface area contributed by atoms with Crippen LogP contribution in [0.4, 0.5) is 5.82 Å². The minimum atomic E-state index is -3.96. The van der Waals surface area contributed by atoms with Crippen LogP contribution in [0.25, 0.3) is 22.5 Å². The summed E-state index contributed by atoms with van der Waals surface area (Å²) in [7, 11) is -3.96. The molecule has 0 spiro atoms. The van der Waals surface area contributed by atoms with Gasteiger partial charge in [-0.1, -0.05) is 60.7 Å². The molecule has 1 aromatic heterocycles. The SMILES string of the molecule is [2H]C([2H])(OCCCC([2H])([2H])N(c1cnc(-c2ccccc2)c(-c2ccccc2)n1)C(C)C)C(=O)NS(C)(=O)=O. The first-order valence-corrected chi connectivity index (χ1v) is 13.0. The van der Waals surface area contributed by atoms with E-state index in [2.05, 4.69) is 4.98 Å². The van der Waals surface area contributed by atoms with Crippen LogP contribution in [0.2, 0.25) is 0 Å². The number of amides is 1. The minimum Gasteiger partial charge on any atom is -0.372 e. The van der Waals surface area contributed by atoms with Gasteiger partial charge < -0.3 is 9.64 Å². The zero-order chi connectivity index (χ0) is 28.8. The number of sulfonamides is 1. The molecular weight excluding hydrogens is 464 g/mol. The Balaban J connectivity index is 1.83. The van der Waals surface area contributed by atoms with Gasteiger partial charge in [0, 0.05) is 33.0 Å². The fourth-order valence-electron chi connectivity index (χ4n) is 3.28. The molecule has 3 aromatic rings. The van der Waals surface area contributed by atoms with Gasteiger partial charge in [0.25, 0.3) is 5.91 Å². The van der Waals surface area contributed by atoms with Crippen molar-refractivity contribution in [2.24, 2.45) is 0 Å². The molecule has 0 bridgehead atoms. The van der Waals surface area contributed by atoms with Gasteiger partial charge in [0.15, 0.2) is 0 Å². The van der Waals surface area contributed by atoms with E-state index in [1.165, 1.54) is 11.1 Å². The first-order valence-electron chi connectivity index (χ1n) is 13.1. The fourth-order valence-corrected chi connectivity index (χ4v) is 3.66. The highest BCUT2D eigenvalue weighted by molar-refractivity contribution is 7.89. The van der Waals surface area contributed by atoms with Gasteiger partial charge in [0.2, 0.25) is 10.0 Å². The van der Waals surface area contributed by atoms with Crippen molar-refractivity contribution in [2.75, 3.05) is 30.8 Å². The summed E-state index contributed by atoms with van der Waals surface area (Å²) in [5, 5.41) is 0. The van der Waals surface area contributed by atoms with E-state index in [9.17, 15) is 13.2 Å². The molecule has 2 aromatic carbocycles. The molecule has 0 unspecified atom stereocenters. The lowest BCUT2D eigenvalue weighted by atomic mass is 10.0. The van der Waals surface area contributed by atoms with Gasteiger partial charge in [-0.3, -0.25) is 14.5 Å². The normalized spacial score (nSPS) is 13.9.